The molecule has 1 rings (SSSR count). The average molecular weight is 294 g/mol. The first-order valence-corrected chi connectivity index (χ1v) is 6.54. The Morgan fingerprint density at radius 2 is 2.10 bits per heavy atom. The van der Waals surface area contributed by atoms with E-state index in [2.05, 4.69) is 0 Å². The van der Waals surface area contributed by atoms with Gasteiger partial charge in [0.2, 0.25) is 5.91 Å². The maximum atomic E-state index is 12.2. The fraction of sp³-hybridized carbons (Fsp3) is 0.429. The summed E-state index contributed by atoms with van der Waals surface area (Å²) in [4.78, 5) is 34.3. The lowest BCUT2D eigenvalue weighted by Gasteiger charge is -2.21. The van der Waals surface area contributed by atoms with Gasteiger partial charge < -0.3 is 10.0 Å². The summed E-state index contributed by atoms with van der Waals surface area (Å²) >= 11 is 0. The number of hydrogen-bond acceptors (Lipinski definition) is 4. The van der Waals surface area contributed by atoms with E-state index in [1.165, 1.54) is 17.0 Å². The van der Waals surface area contributed by atoms with Crippen molar-refractivity contribution in [1.82, 2.24) is 4.90 Å². The summed E-state index contributed by atoms with van der Waals surface area (Å²) in [5, 5.41) is 19.3. The maximum Gasteiger partial charge on any atom is 0.303 e. The third-order valence-corrected chi connectivity index (χ3v) is 3.21. The Labute approximate surface area is 122 Å². The van der Waals surface area contributed by atoms with Crippen LogP contribution >= 0.6 is 0 Å². The van der Waals surface area contributed by atoms with Crippen molar-refractivity contribution < 1.29 is 19.6 Å². The van der Waals surface area contributed by atoms with Crippen molar-refractivity contribution in [3.05, 3.63) is 39.9 Å². The number of rotatable bonds is 7. The topological polar surface area (TPSA) is 101 Å². The number of likely N-dealkylation sites (N-methyl/N-ethyl adjacent to an activating group) is 1. The highest BCUT2D eigenvalue weighted by Gasteiger charge is 2.20. The molecule has 7 nitrogen and oxygen atoms in total. The zero-order valence-electron chi connectivity index (χ0n) is 12.0. The molecule has 1 unspecified atom stereocenters. The van der Waals surface area contributed by atoms with E-state index in [0.29, 0.717) is 18.5 Å². The minimum atomic E-state index is -0.900. The molecule has 0 radical (unpaired) electrons. The predicted molar refractivity (Wildman–Crippen MR) is 76.0 cm³/mol. The lowest BCUT2D eigenvalue weighted by Crippen LogP contribution is -2.31. The first kappa shape index (κ1) is 16.6. The van der Waals surface area contributed by atoms with Gasteiger partial charge in [-0.2, -0.15) is 0 Å². The Morgan fingerprint density at radius 1 is 1.43 bits per heavy atom. The van der Waals surface area contributed by atoms with Crippen molar-refractivity contribution >= 4 is 17.6 Å². The van der Waals surface area contributed by atoms with E-state index in [4.69, 9.17) is 5.11 Å². The minimum Gasteiger partial charge on any atom is -0.481 e. The van der Waals surface area contributed by atoms with E-state index in [0.717, 1.165) is 0 Å². The summed E-state index contributed by atoms with van der Waals surface area (Å²) < 4.78 is 0. The smallest absolute Gasteiger partial charge is 0.303 e. The van der Waals surface area contributed by atoms with Gasteiger partial charge in [0.05, 0.1) is 10.8 Å². The number of hydrogen-bond donors (Lipinski definition) is 1. The number of carboxylic acid groups (broad SMARTS) is 1. The second-order valence-electron chi connectivity index (χ2n) is 4.83. The molecule has 0 fully saturated rings. The molecular formula is C14H18N2O5. The van der Waals surface area contributed by atoms with Gasteiger partial charge >= 0.3 is 5.97 Å². The zero-order chi connectivity index (χ0) is 16.0. The monoisotopic (exact) mass is 294 g/mol. The van der Waals surface area contributed by atoms with E-state index >= 15 is 0 Å². The van der Waals surface area contributed by atoms with Crippen molar-refractivity contribution in [2.24, 2.45) is 0 Å². The lowest BCUT2D eigenvalue weighted by molar-refractivity contribution is -0.384. The first-order chi connectivity index (χ1) is 9.82. The number of carboxylic acids is 1. The average Bonchev–Trinajstić information content (AvgIpc) is 2.45. The molecule has 21 heavy (non-hydrogen) atoms. The summed E-state index contributed by atoms with van der Waals surface area (Å²) in [6.45, 7) is 2.01. The SMILES string of the molecule is CC(C(=O)N(C)CCCC(=O)O)c1cccc([N+](=O)[O-])c1. The van der Waals surface area contributed by atoms with Gasteiger partial charge in [-0.15, -0.1) is 0 Å². The number of aliphatic carboxylic acids is 1. The highest BCUT2D eigenvalue weighted by molar-refractivity contribution is 5.83. The summed E-state index contributed by atoms with van der Waals surface area (Å²) in [5.74, 6) is -1.61. The Kier molecular flexibility index (Phi) is 5.83. The molecule has 0 aliphatic heterocycles. The predicted octanol–water partition coefficient (Wildman–Crippen LogP) is 2.02. The van der Waals surface area contributed by atoms with Crippen LogP contribution in [0.25, 0.3) is 0 Å². The zero-order valence-corrected chi connectivity index (χ0v) is 12.0. The molecule has 1 atom stereocenters. The van der Waals surface area contributed by atoms with Gasteiger partial charge in [-0.3, -0.25) is 19.7 Å². The normalized spacial score (nSPS) is 11.7. The molecule has 0 heterocycles. The van der Waals surface area contributed by atoms with Crippen LogP contribution in [0.5, 0.6) is 0 Å². The number of nitro benzene ring substituents is 1. The van der Waals surface area contributed by atoms with Crippen molar-refractivity contribution in [1.29, 1.82) is 0 Å². The molecule has 0 saturated carbocycles. The van der Waals surface area contributed by atoms with Crippen molar-refractivity contribution in [3.8, 4) is 0 Å². The molecule has 114 valence electrons. The molecule has 0 saturated heterocycles. The van der Waals surface area contributed by atoms with Crippen LogP contribution < -0.4 is 0 Å². The van der Waals surface area contributed by atoms with E-state index in [9.17, 15) is 19.7 Å². The highest BCUT2D eigenvalue weighted by Crippen LogP contribution is 2.22. The van der Waals surface area contributed by atoms with Crippen LogP contribution in [-0.4, -0.2) is 40.4 Å². The summed E-state index contributed by atoms with van der Waals surface area (Å²) in [6.07, 6.45) is 0.377. The summed E-state index contributed by atoms with van der Waals surface area (Å²) in [7, 11) is 1.60. The van der Waals surface area contributed by atoms with Crippen LogP contribution in [0.3, 0.4) is 0 Å². The van der Waals surface area contributed by atoms with Crippen LogP contribution in [0.1, 0.15) is 31.2 Å². The van der Waals surface area contributed by atoms with Gasteiger partial charge in [0.25, 0.3) is 5.69 Å². The lowest BCUT2D eigenvalue weighted by atomic mass is 9.99. The molecule has 1 amide bonds. The van der Waals surface area contributed by atoms with Gasteiger partial charge in [0, 0.05) is 32.1 Å². The molecule has 7 heteroatoms. The molecule has 0 spiro atoms. The summed E-state index contributed by atoms with van der Waals surface area (Å²) in [5.41, 5.74) is 0.514. The second-order valence-corrected chi connectivity index (χ2v) is 4.83. The van der Waals surface area contributed by atoms with Crippen LogP contribution in [0.15, 0.2) is 24.3 Å². The maximum absolute atomic E-state index is 12.2. The number of nitrogens with zero attached hydrogens (tertiary/aromatic N) is 2. The van der Waals surface area contributed by atoms with E-state index < -0.39 is 16.8 Å². The fourth-order valence-corrected chi connectivity index (χ4v) is 1.96. The first-order valence-electron chi connectivity index (χ1n) is 6.54. The molecule has 0 aliphatic carbocycles. The fourth-order valence-electron chi connectivity index (χ4n) is 1.96. The van der Waals surface area contributed by atoms with Crippen molar-refractivity contribution in [2.75, 3.05) is 13.6 Å². The van der Waals surface area contributed by atoms with E-state index in [1.807, 2.05) is 0 Å². The number of amides is 1. The van der Waals surface area contributed by atoms with Crippen LogP contribution in [0.4, 0.5) is 5.69 Å². The highest BCUT2D eigenvalue weighted by atomic mass is 16.6. The Hall–Kier alpha value is -2.44. The van der Waals surface area contributed by atoms with Gasteiger partial charge in [0.15, 0.2) is 0 Å². The number of carbonyl (C=O) groups is 2. The van der Waals surface area contributed by atoms with Crippen molar-refractivity contribution in [3.63, 3.8) is 0 Å². The molecule has 0 aromatic heterocycles. The second kappa shape index (κ2) is 7.37. The third kappa shape index (κ3) is 4.87. The Bertz CT molecular complexity index is 544. The van der Waals surface area contributed by atoms with Gasteiger partial charge in [-0.05, 0) is 18.9 Å². The molecule has 0 bridgehead atoms. The molecular weight excluding hydrogens is 276 g/mol. The molecule has 1 aromatic carbocycles. The molecule has 1 N–H and O–H groups in total. The van der Waals surface area contributed by atoms with Crippen molar-refractivity contribution in [2.45, 2.75) is 25.7 Å². The standard InChI is InChI=1S/C14H18N2O5/c1-10(11-5-3-6-12(9-11)16(20)21)14(19)15(2)8-4-7-13(17)18/h3,5-6,9-10H,4,7-8H2,1-2H3,(H,17,18). The quantitative estimate of drug-likeness (QED) is 0.612. The third-order valence-electron chi connectivity index (χ3n) is 3.21. The number of non-ortho nitro benzene ring substituents is 1. The number of carbonyl (C=O) groups excluding carboxylic acids is 1. The van der Waals surface area contributed by atoms with Gasteiger partial charge in [-0.1, -0.05) is 12.1 Å². The molecule has 0 aliphatic rings. The van der Waals surface area contributed by atoms with Crippen LogP contribution in [0, 0.1) is 10.1 Å². The van der Waals surface area contributed by atoms with E-state index in [1.54, 1.807) is 26.1 Å². The number of nitro groups is 1. The van der Waals surface area contributed by atoms with Crippen LogP contribution in [-0.2, 0) is 9.59 Å². The van der Waals surface area contributed by atoms with Gasteiger partial charge in [-0.25, -0.2) is 0 Å². The van der Waals surface area contributed by atoms with Crippen LogP contribution in [0.2, 0.25) is 0 Å². The largest absolute Gasteiger partial charge is 0.481 e. The van der Waals surface area contributed by atoms with E-state index in [-0.39, 0.29) is 18.0 Å². The minimum absolute atomic E-state index is 0.00279. The summed E-state index contributed by atoms with van der Waals surface area (Å²) in [6, 6.07) is 5.97. The molecule has 1 aromatic rings. The Morgan fingerprint density at radius 3 is 2.67 bits per heavy atom. The number of benzene rings is 1. The van der Waals surface area contributed by atoms with Gasteiger partial charge in [0.1, 0.15) is 0 Å². The Balaban J connectivity index is 2.71.